The summed E-state index contributed by atoms with van der Waals surface area (Å²) in [6, 6.07) is 0.534. The normalized spacial score (nSPS) is 18.8. The molecule has 0 saturated carbocycles. The first kappa shape index (κ1) is 15.3. The maximum atomic E-state index is 11.5. The predicted octanol–water partition coefficient (Wildman–Crippen LogP) is 1.78. The fourth-order valence-corrected chi connectivity index (χ4v) is 3.49. The summed E-state index contributed by atoms with van der Waals surface area (Å²) in [4.78, 5) is 20.7. The summed E-state index contributed by atoms with van der Waals surface area (Å²) >= 11 is 1.63. The van der Waals surface area contributed by atoms with E-state index in [4.69, 9.17) is 4.74 Å². The van der Waals surface area contributed by atoms with Crippen molar-refractivity contribution < 1.29 is 9.53 Å². The smallest absolute Gasteiger partial charge is 0.311 e. The van der Waals surface area contributed by atoms with Crippen molar-refractivity contribution in [2.24, 2.45) is 0 Å². The van der Waals surface area contributed by atoms with Crippen molar-refractivity contribution >= 4 is 22.4 Å². The minimum absolute atomic E-state index is 0.199. The van der Waals surface area contributed by atoms with Crippen LogP contribution in [0.2, 0.25) is 0 Å². The Morgan fingerprint density at radius 3 is 3.10 bits per heavy atom. The van der Waals surface area contributed by atoms with Gasteiger partial charge in [-0.1, -0.05) is 0 Å². The summed E-state index contributed by atoms with van der Waals surface area (Å²) in [6.45, 7) is 4.35. The fraction of sp³-hybridized carbons (Fsp3) is 0.714. The molecule has 112 valence electrons. The van der Waals surface area contributed by atoms with E-state index in [0.29, 0.717) is 12.6 Å². The third kappa shape index (κ3) is 3.93. The number of ether oxygens (including phenoxy) is 1. The van der Waals surface area contributed by atoms with Gasteiger partial charge in [0.25, 0.3) is 0 Å². The topological polar surface area (TPSA) is 45.7 Å². The second kappa shape index (κ2) is 7.04. The standard InChI is InChI=1S/C14H23N3O2S/c1-4-19-13(18)8-11-10-20-14(15-11)17-7-5-6-12(17)9-16(2)3/h10,12H,4-9H2,1-3H3. The Kier molecular flexibility index (Phi) is 5.37. The Morgan fingerprint density at radius 1 is 1.60 bits per heavy atom. The summed E-state index contributed by atoms with van der Waals surface area (Å²) in [7, 11) is 4.20. The number of thiazole rings is 1. The van der Waals surface area contributed by atoms with Gasteiger partial charge in [0.05, 0.1) is 18.7 Å². The second-order valence-corrected chi connectivity index (χ2v) is 6.19. The van der Waals surface area contributed by atoms with E-state index >= 15 is 0 Å². The largest absolute Gasteiger partial charge is 0.466 e. The minimum Gasteiger partial charge on any atom is -0.466 e. The first-order chi connectivity index (χ1) is 9.60. The third-order valence-corrected chi connectivity index (χ3v) is 4.30. The Balaban J connectivity index is 1.98. The first-order valence-electron chi connectivity index (χ1n) is 7.11. The van der Waals surface area contributed by atoms with Crippen LogP contribution in [-0.4, -0.2) is 55.7 Å². The Morgan fingerprint density at radius 2 is 2.40 bits per heavy atom. The molecule has 0 N–H and O–H groups in total. The van der Waals surface area contributed by atoms with E-state index in [-0.39, 0.29) is 12.4 Å². The van der Waals surface area contributed by atoms with Gasteiger partial charge < -0.3 is 14.5 Å². The second-order valence-electron chi connectivity index (χ2n) is 5.35. The lowest BCUT2D eigenvalue weighted by atomic mass is 10.2. The number of rotatable bonds is 6. The zero-order chi connectivity index (χ0) is 14.5. The van der Waals surface area contributed by atoms with Crippen molar-refractivity contribution in [1.29, 1.82) is 0 Å². The first-order valence-corrected chi connectivity index (χ1v) is 7.99. The van der Waals surface area contributed by atoms with Crippen LogP contribution in [0.4, 0.5) is 5.13 Å². The van der Waals surface area contributed by atoms with Crippen molar-refractivity contribution in [3.05, 3.63) is 11.1 Å². The highest BCUT2D eigenvalue weighted by Crippen LogP contribution is 2.29. The molecule has 1 aromatic rings. The molecule has 2 heterocycles. The van der Waals surface area contributed by atoms with Gasteiger partial charge in [-0.25, -0.2) is 4.98 Å². The van der Waals surface area contributed by atoms with Crippen LogP contribution in [0.25, 0.3) is 0 Å². The van der Waals surface area contributed by atoms with Crippen LogP contribution in [0, 0.1) is 0 Å². The summed E-state index contributed by atoms with van der Waals surface area (Å²) in [5.74, 6) is -0.199. The molecule has 0 aliphatic carbocycles. The van der Waals surface area contributed by atoms with E-state index in [1.807, 2.05) is 12.3 Å². The van der Waals surface area contributed by atoms with Gasteiger partial charge >= 0.3 is 5.97 Å². The van der Waals surface area contributed by atoms with Crippen molar-refractivity contribution in [2.45, 2.75) is 32.2 Å². The highest BCUT2D eigenvalue weighted by atomic mass is 32.1. The van der Waals surface area contributed by atoms with E-state index in [0.717, 1.165) is 23.9 Å². The van der Waals surface area contributed by atoms with Gasteiger partial charge in [-0.05, 0) is 33.9 Å². The predicted molar refractivity (Wildman–Crippen MR) is 81.4 cm³/mol. The van der Waals surface area contributed by atoms with Crippen LogP contribution < -0.4 is 4.90 Å². The quantitative estimate of drug-likeness (QED) is 0.749. The van der Waals surface area contributed by atoms with Gasteiger partial charge in [0.2, 0.25) is 0 Å². The Hall–Kier alpha value is -1.14. The number of anilines is 1. The van der Waals surface area contributed by atoms with E-state index in [9.17, 15) is 4.79 Å². The molecule has 6 heteroatoms. The number of esters is 1. The summed E-state index contributed by atoms with van der Waals surface area (Å²) < 4.78 is 4.96. The molecule has 1 saturated heterocycles. The molecule has 1 fully saturated rings. The number of carbonyl (C=O) groups is 1. The molecule has 0 radical (unpaired) electrons. The number of nitrogens with zero attached hydrogens (tertiary/aromatic N) is 3. The van der Waals surface area contributed by atoms with Crippen LogP contribution in [0.3, 0.4) is 0 Å². The van der Waals surface area contributed by atoms with Gasteiger partial charge in [-0.3, -0.25) is 4.79 Å². The molecule has 1 unspecified atom stereocenters. The van der Waals surface area contributed by atoms with Crippen molar-refractivity contribution in [3.63, 3.8) is 0 Å². The van der Waals surface area contributed by atoms with Gasteiger partial charge in [-0.2, -0.15) is 0 Å². The van der Waals surface area contributed by atoms with Crippen molar-refractivity contribution in [2.75, 3.05) is 38.7 Å². The van der Waals surface area contributed by atoms with E-state index in [2.05, 4.69) is 28.9 Å². The molecule has 0 aromatic carbocycles. The van der Waals surface area contributed by atoms with Gasteiger partial charge in [0, 0.05) is 24.5 Å². The maximum Gasteiger partial charge on any atom is 0.311 e. The molecular weight excluding hydrogens is 274 g/mol. The number of hydrogen-bond acceptors (Lipinski definition) is 6. The minimum atomic E-state index is -0.199. The lowest BCUT2D eigenvalue weighted by molar-refractivity contribution is -0.142. The highest BCUT2D eigenvalue weighted by Gasteiger charge is 2.27. The molecule has 5 nitrogen and oxygen atoms in total. The van der Waals surface area contributed by atoms with Crippen LogP contribution in [-0.2, 0) is 16.0 Å². The van der Waals surface area contributed by atoms with E-state index in [1.54, 1.807) is 11.3 Å². The zero-order valence-electron chi connectivity index (χ0n) is 12.5. The highest BCUT2D eigenvalue weighted by molar-refractivity contribution is 7.13. The monoisotopic (exact) mass is 297 g/mol. The average Bonchev–Trinajstić information content (AvgIpc) is 2.97. The summed E-state index contributed by atoms with van der Waals surface area (Å²) in [6.07, 6.45) is 2.70. The lowest BCUT2D eigenvalue weighted by Crippen LogP contribution is -2.37. The zero-order valence-corrected chi connectivity index (χ0v) is 13.3. The van der Waals surface area contributed by atoms with Gasteiger partial charge in [0.1, 0.15) is 0 Å². The average molecular weight is 297 g/mol. The number of likely N-dealkylation sites (N-methyl/N-ethyl adjacent to an activating group) is 1. The van der Waals surface area contributed by atoms with E-state index in [1.165, 1.54) is 12.8 Å². The summed E-state index contributed by atoms with van der Waals surface area (Å²) in [5, 5.41) is 3.01. The number of hydrogen-bond donors (Lipinski definition) is 0. The number of carbonyl (C=O) groups excluding carboxylic acids is 1. The van der Waals surface area contributed by atoms with Crippen LogP contribution in [0.5, 0.6) is 0 Å². The molecule has 1 atom stereocenters. The van der Waals surface area contributed by atoms with Crippen LogP contribution in [0.15, 0.2) is 5.38 Å². The molecule has 1 aromatic heterocycles. The molecule has 1 aliphatic heterocycles. The van der Waals surface area contributed by atoms with Crippen LogP contribution in [0.1, 0.15) is 25.5 Å². The summed E-state index contributed by atoms with van der Waals surface area (Å²) in [5.41, 5.74) is 0.818. The van der Waals surface area contributed by atoms with Crippen LogP contribution >= 0.6 is 11.3 Å². The molecule has 1 aliphatic rings. The Bertz CT molecular complexity index is 447. The molecule has 0 spiro atoms. The number of aromatic nitrogens is 1. The van der Waals surface area contributed by atoms with Gasteiger partial charge in [-0.15, -0.1) is 11.3 Å². The lowest BCUT2D eigenvalue weighted by Gasteiger charge is -2.26. The van der Waals surface area contributed by atoms with E-state index < -0.39 is 0 Å². The molecule has 0 bridgehead atoms. The third-order valence-electron chi connectivity index (χ3n) is 3.37. The molecular formula is C14H23N3O2S. The van der Waals surface area contributed by atoms with Crippen molar-refractivity contribution in [1.82, 2.24) is 9.88 Å². The molecule has 20 heavy (non-hydrogen) atoms. The fourth-order valence-electron chi connectivity index (χ4n) is 2.57. The molecule has 0 amide bonds. The maximum absolute atomic E-state index is 11.5. The SMILES string of the molecule is CCOC(=O)Cc1csc(N2CCCC2CN(C)C)n1. The van der Waals surface area contributed by atoms with Crippen molar-refractivity contribution in [3.8, 4) is 0 Å². The van der Waals surface area contributed by atoms with Gasteiger partial charge in [0.15, 0.2) is 5.13 Å². The Labute approximate surface area is 124 Å². The molecule has 2 rings (SSSR count).